The van der Waals surface area contributed by atoms with Crippen LogP contribution in [0.3, 0.4) is 0 Å². The summed E-state index contributed by atoms with van der Waals surface area (Å²) < 4.78 is 31.4. The molecule has 0 aromatic rings. The van der Waals surface area contributed by atoms with Crippen molar-refractivity contribution in [3.63, 3.8) is 0 Å². The smallest absolute Gasteiger partial charge is 0.472 e. The summed E-state index contributed by atoms with van der Waals surface area (Å²) in [5.41, 5.74) is 5.20. The van der Waals surface area contributed by atoms with Gasteiger partial charge in [-0.2, -0.15) is 0 Å². The Morgan fingerprint density at radius 2 is 1.44 bits per heavy atom. The van der Waals surface area contributed by atoms with Gasteiger partial charge >= 0.3 is 25.7 Å². The molecule has 12 heteroatoms. The van der Waals surface area contributed by atoms with Gasteiger partial charge in [0.15, 0.2) is 6.10 Å². The number of phosphoric ester groups is 1. The van der Waals surface area contributed by atoms with E-state index in [-0.39, 0.29) is 19.4 Å². The molecule has 32 heavy (non-hydrogen) atoms. The maximum atomic E-state index is 11.9. The average molecular weight is 483 g/mol. The fraction of sp³-hybridized carbons (Fsp3) is 0.850. The molecule has 0 bridgehead atoms. The summed E-state index contributed by atoms with van der Waals surface area (Å²) in [6.45, 7) is 2.23. The van der Waals surface area contributed by atoms with Gasteiger partial charge in [0.05, 0.1) is 13.2 Å². The first-order chi connectivity index (χ1) is 15.1. The summed E-state index contributed by atoms with van der Waals surface area (Å²) in [4.78, 5) is 44.0. The third-order valence-corrected chi connectivity index (χ3v) is 5.28. The van der Waals surface area contributed by atoms with Crippen LogP contribution in [0.4, 0.5) is 0 Å². The minimum Gasteiger partial charge on any atom is -0.480 e. The molecule has 0 aliphatic carbocycles. The monoisotopic (exact) mass is 483 g/mol. The first kappa shape index (κ1) is 30.5. The molecule has 1 unspecified atom stereocenters. The van der Waals surface area contributed by atoms with E-state index in [1.807, 2.05) is 0 Å². The van der Waals surface area contributed by atoms with Gasteiger partial charge in [0.2, 0.25) is 0 Å². The van der Waals surface area contributed by atoms with Crippen LogP contribution in [0, 0.1) is 0 Å². The predicted molar refractivity (Wildman–Crippen MR) is 116 cm³/mol. The summed E-state index contributed by atoms with van der Waals surface area (Å²) in [5.74, 6) is -2.46. The highest BCUT2D eigenvalue weighted by Gasteiger charge is 2.28. The predicted octanol–water partition coefficient (Wildman–Crippen LogP) is 2.93. The fourth-order valence-electron chi connectivity index (χ4n) is 2.51. The van der Waals surface area contributed by atoms with Gasteiger partial charge in [0, 0.05) is 12.8 Å². The molecule has 0 saturated heterocycles. The lowest BCUT2D eigenvalue weighted by Crippen LogP contribution is -2.34. The molecule has 3 atom stereocenters. The number of carbonyl (C=O) groups excluding carboxylic acids is 2. The number of hydrogen-bond donors (Lipinski definition) is 3. The zero-order chi connectivity index (χ0) is 24.4. The van der Waals surface area contributed by atoms with E-state index in [2.05, 4.69) is 11.4 Å². The van der Waals surface area contributed by atoms with E-state index in [0.717, 1.165) is 19.3 Å². The number of carboxylic acid groups (broad SMARTS) is 1. The normalized spacial score (nSPS) is 14.9. The Morgan fingerprint density at radius 3 is 2.03 bits per heavy atom. The largest absolute Gasteiger partial charge is 0.480 e. The number of carbonyl (C=O) groups is 3. The minimum absolute atomic E-state index is 0.114. The molecule has 4 N–H and O–H groups in total. The van der Waals surface area contributed by atoms with Crippen molar-refractivity contribution in [1.29, 1.82) is 0 Å². The third-order valence-electron chi connectivity index (χ3n) is 4.32. The van der Waals surface area contributed by atoms with Crippen molar-refractivity contribution >= 4 is 25.7 Å². The summed E-state index contributed by atoms with van der Waals surface area (Å²) >= 11 is 0. The Labute approximate surface area is 189 Å². The molecule has 0 fully saturated rings. The third kappa shape index (κ3) is 17.1. The molecule has 0 spiro atoms. The molecule has 0 amide bonds. The number of hydrogen-bond acceptors (Lipinski definition) is 9. The van der Waals surface area contributed by atoms with E-state index in [4.69, 9.17) is 24.8 Å². The fourth-order valence-corrected chi connectivity index (χ4v) is 3.29. The first-order valence-corrected chi connectivity index (χ1v) is 12.6. The maximum absolute atomic E-state index is 11.9. The number of aliphatic carboxylic acids is 1. The SMILES string of the molecule is CCCCCCCCCC(=O)OC[C@H](COP(=O)(O)OC[C@H](N)C(=O)O)OC(=O)CCC. The van der Waals surface area contributed by atoms with Gasteiger partial charge in [0.1, 0.15) is 12.6 Å². The van der Waals surface area contributed by atoms with E-state index in [0.29, 0.717) is 12.8 Å². The van der Waals surface area contributed by atoms with Crippen molar-refractivity contribution in [3.05, 3.63) is 0 Å². The van der Waals surface area contributed by atoms with Crippen LogP contribution < -0.4 is 5.73 Å². The van der Waals surface area contributed by atoms with Crippen molar-refractivity contribution in [2.24, 2.45) is 5.73 Å². The number of ether oxygens (including phenoxy) is 2. The molecule has 0 saturated carbocycles. The molecule has 0 aliphatic rings. The number of phosphoric acid groups is 1. The number of unbranched alkanes of at least 4 members (excludes halogenated alkanes) is 6. The topological polar surface area (TPSA) is 172 Å². The standard InChI is InChI=1S/C20H38NO10P/c1-3-5-6-7-8-9-10-12-18(22)28-13-16(31-19(23)11-4-2)14-29-32(26,27)30-15-17(21)20(24)25/h16-17H,3-15,21H2,1-2H3,(H,24,25)(H,26,27)/t16-,17+/m1/s1. The zero-order valence-corrected chi connectivity index (χ0v) is 19.9. The Hall–Kier alpha value is -1.52. The molecule has 0 radical (unpaired) electrons. The number of rotatable bonds is 20. The van der Waals surface area contributed by atoms with Crippen molar-refractivity contribution in [2.45, 2.75) is 90.2 Å². The van der Waals surface area contributed by atoms with Gasteiger partial charge in [-0.25, -0.2) is 4.57 Å². The average Bonchev–Trinajstić information content (AvgIpc) is 2.73. The summed E-state index contributed by atoms with van der Waals surface area (Å²) in [7, 11) is -4.65. The lowest BCUT2D eigenvalue weighted by atomic mass is 10.1. The van der Waals surface area contributed by atoms with Crippen LogP contribution in [0.1, 0.15) is 78.1 Å². The van der Waals surface area contributed by atoms with Gasteiger partial charge in [-0.3, -0.25) is 23.4 Å². The van der Waals surface area contributed by atoms with Crippen LogP contribution in [0.2, 0.25) is 0 Å². The lowest BCUT2D eigenvalue weighted by Gasteiger charge is -2.20. The molecule has 0 heterocycles. The second-order valence-corrected chi connectivity index (χ2v) is 8.87. The highest BCUT2D eigenvalue weighted by Crippen LogP contribution is 2.43. The highest BCUT2D eigenvalue weighted by molar-refractivity contribution is 7.47. The first-order valence-electron chi connectivity index (χ1n) is 11.1. The summed E-state index contributed by atoms with van der Waals surface area (Å²) in [5, 5.41) is 8.67. The molecule has 0 aromatic carbocycles. The molecule has 11 nitrogen and oxygen atoms in total. The molecular weight excluding hydrogens is 445 g/mol. The second kappa shape index (κ2) is 18.0. The number of nitrogens with two attached hydrogens (primary N) is 1. The molecule has 0 aliphatic heterocycles. The van der Waals surface area contributed by atoms with Gasteiger partial charge < -0.3 is 25.2 Å². The minimum atomic E-state index is -4.65. The quantitative estimate of drug-likeness (QED) is 0.132. The molecular formula is C20H38NO10P. The lowest BCUT2D eigenvalue weighted by molar-refractivity contribution is -0.161. The van der Waals surface area contributed by atoms with Crippen LogP contribution in [0.15, 0.2) is 0 Å². The highest BCUT2D eigenvalue weighted by atomic mass is 31.2. The zero-order valence-electron chi connectivity index (χ0n) is 19.0. The van der Waals surface area contributed by atoms with Gasteiger partial charge in [-0.1, -0.05) is 52.4 Å². The van der Waals surface area contributed by atoms with E-state index >= 15 is 0 Å². The second-order valence-electron chi connectivity index (χ2n) is 7.42. The van der Waals surface area contributed by atoms with Crippen molar-refractivity contribution in [2.75, 3.05) is 19.8 Å². The molecule has 188 valence electrons. The van der Waals surface area contributed by atoms with E-state index in [9.17, 15) is 23.8 Å². The molecule has 0 aromatic heterocycles. The van der Waals surface area contributed by atoms with Gasteiger partial charge in [-0.15, -0.1) is 0 Å². The molecule has 0 rings (SSSR count). The summed E-state index contributed by atoms with van der Waals surface area (Å²) in [6, 6.07) is -1.51. The number of carboxylic acids is 1. The van der Waals surface area contributed by atoms with Crippen molar-refractivity contribution in [3.8, 4) is 0 Å². The Bertz CT molecular complexity index is 601. The van der Waals surface area contributed by atoms with Crippen LogP contribution in [0.5, 0.6) is 0 Å². The van der Waals surface area contributed by atoms with Gasteiger partial charge in [0.25, 0.3) is 0 Å². The van der Waals surface area contributed by atoms with E-state index < -0.39 is 51.1 Å². The van der Waals surface area contributed by atoms with Crippen molar-refractivity contribution in [1.82, 2.24) is 0 Å². The van der Waals surface area contributed by atoms with E-state index in [1.54, 1.807) is 6.92 Å². The Morgan fingerprint density at radius 1 is 0.844 bits per heavy atom. The summed E-state index contributed by atoms with van der Waals surface area (Å²) in [6.07, 6.45) is 7.10. The van der Waals surface area contributed by atoms with E-state index in [1.165, 1.54) is 19.3 Å². The van der Waals surface area contributed by atoms with Crippen LogP contribution in [-0.4, -0.2) is 59.9 Å². The van der Waals surface area contributed by atoms with Crippen LogP contribution >= 0.6 is 7.82 Å². The van der Waals surface area contributed by atoms with Crippen LogP contribution in [0.25, 0.3) is 0 Å². The van der Waals surface area contributed by atoms with Crippen LogP contribution in [-0.2, 0) is 37.5 Å². The number of esters is 2. The van der Waals surface area contributed by atoms with Gasteiger partial charge in [-0.05, 0) is 12.8 Å². The Balaban J connectivity index is 4.46. The Kier molecular flexibility index (Phi) is 17.1. The van der Waals surface area contributed by atoms with Crippen molar-refractivity contribution < 1.29 is 47.5 Å². The maximum Gasteiger partial charge on any atom is 0.472 e.